The summed E-state index contributed by atoms with van der Waals surface area (Å²) in [4.78, 5) is 0. The summed E-state index contributed by atoms with van der Waals surface area (Å²) >= 11 is 0. The lowest BCUT2D eigenvalue weighted by atomic mass is 9.91. The van der Waals surface area contributed by atoms with Gasteiger partial charge in [0.15, 0.2) is 0 Å². The zero-order valence-electron chi connectivity index (χ0n) is 20.2. The van der Waals surface area contributed by atoms with Crippen LogP contribution in [0, 0.1) is 27.7 Å². The van der Waals surface area contributed by atoms with Crippen LogP contribution < -0.4 is 5.19 Å². The van der Waals surface area contributed by atoms with Gasteiger partial charge in [0.1, 0.15) is 9.52 Å². The van der Waals surface area contributed by atoms with Crippen molar-refractivity contribution in [2.75, 3.05) is 0 Å². The maximum absolute atomic E-state index is 2.38. The molecule has 1 aliphatic carbocycles. The molecule has 0 unspecified atom stereocenters. The number of benzene rings is 3. The lowest BCUT2D eigenvalue weighted by molar-refractivity contribution is 0.797. The first-order valence-corrected chi connectivity index (χ1v) is 12.9. The zero-order chi connectivity index (χ0) is 22.7. The van der Waals surface area contributed by atoms with E-state index < -0.39 is 0 Å². The second-order valence-electron chi connectivity index (χ2n) is 9.32. The van der Waals surface area contributed by atoms with Gasteiger partial charge in [-0.2, -0.15) is 0 Å². The molecule has 0 amide bonds. The molecule has 4 rings (SSSR count). The Hall–Kier alpha value is -2.64. The average Bonchev–Trinajstić information content (AvgIpc) is 3.17. The number of rotatable bonds is 7. The molecule has 0 saturated carbocycles. The fourth-order valence-corrected chi connectivity index (χ4v) is 6.40. The van der Waals surface area contributed by atoms with Gasteiger partial charge in [-0.1, -0.05) is 118 Å². The summed E-state index contributed by atoms with van der Waals surface area (Å²) in [5.41, 5.74) is 12.3. The lowest BCUT2D eigenvalue weighted by Crippen LogP contribution is -2.20. The number of aryl methyl sites for hydroxylation is 4. The summed E-state index contributed by atoms with van der Waals surface area (Å²) in [5, 5.41) is 3.10. The molecule has 1 heteroatoms. The SMILES string of the molecule is CCCCC1=C([Si]c2cccc(-c3cc(C)cc(C)c3)c2-c2cc(C)cc(C)c2)CC=C1. The Bertz CT molecular complexity index is 1150. The molecule has 0 aromatic heterocycles. The third-order valence-electron chi connectivity index (χ3n) is 6.22. The topological polar surface area (TPSA) is 0 Å². The maximum atomic E-state index is 2.38. The Balaban J connectivity index is 1.89. The molecular formula is C31H34Si. The zero-order valence-corrected chi connectivity index (χ0v) is 21.2. The number of allylic oxidation sites excluding steroid dienone is 4. The molecule has 0 aliphatic heterocycles. The van der Waals surface area contributed by atoms with E-state index in [-0.39, 0.29) is 0 Å². The van der Waals surface area contributed by atoms with E-state index in [2.05, 4.69) is 101 Å². The van der Waals surface area contributed by atoms with Gasteiger partial charge in [-0.05, 0) is 69.2 Å². The molecule has 0 N–H and O–H groups in total. The average molecular weight is 435 g/mol. The molecule has 0 atom stereocenters. The van der Waals surface area contributed by atoms with Crippen molar-refractivity contribution in [1.82, 2.24) is 0 Å². The van der Waals surface area contributed by atoms with E-state index in [1.165, 1.54) is 69.0 Å². The van der Waals surface area contributed by atoms with E-state index in [0.717, 1.165) is 15.9 Å². The van der Waals surface area contributed by atoms with E-state index in [1.807, 2.05) is 0 Å². The maximum Gasteiger partial charge on any atom is 0.117 e. The molecule has 1 aliphatic rings. The van der Waals surface area contributed by atoms with E-state index in [1.54, 1.807) is 10.8 Å². The molecular weight excluding hydrogens is 400 g/mol. The summed E-state index contributed by atoms with van der Waals surface area (Å²) in [6.45, 7) is 11.1. The van der Waals surface area contributed by atoms with Gasteiger partial charge in [0.25, 0.3) is 0 Å². The van der Waals surface area contributed by atoms with Crippen molar-refractivity contribution in [3.8, 4) is 22.3 Å². The Morgan fingerprint density at radius 1 is 0.781 bits per heavy atom. The third-order valence-corrected chi connectivity index (χ3v) is 7.73. The highest BCUT2D eigenvalue weighted by atomic mass is 28.2. The highest BCUT2D eigenvalue weighted by Crippen LogP contribution is 2.34. The second-order valence-corrected chi connectivity index (χ2v) is 10.7. The Morgan fingerprint density at radius 3 is 2.03 bits per heavy atom. The fourth-order valence-electron chi connectivity index (χ4n) is 4.90. The van der Waals surface area contributed by atoms with Gasteiger partial charge >= 0.3 is 0 Å². The predicted octanol–water partition coefficient (Wildman–Crippen LogP) is 7.99. The minimum Gasteiger partial charge on any atom is -0.0806 e. The van der Waals surface area contributed by atoms with Gasteiger partial charge < -0.3 is 0 Å². The summed E-state index contributed by atoms with van der Waals surface area (Å²) in [6, 6.07) is 20.9. The van der Waals surface area contributed by atoms with Crippen LogP contribution in [0.4, 0.5) is 0 Å². The Labute approximate surface area is 196 Å². The van der Waals surface area contributed by atoms with Crippen LogP contribution in [0.15, 0.2) is 77.5 Å². The largest absolute Gasteiger partial charge is 0.117 e. The molecule has 3 aromatic rings. The smallest absolute Gasteiger partial charge is 0.0806 e. The molecule has 0 fully saturated rings. The van der Waals surface area contributed by atoms with E-state index in [4.69, 9.17) is 0 Å². The molecule has 0 saturated heterocycles. The van der Waals surface area contributed by atoms with E-state index in [9.17, 15) is 0 Å². The summed E-state index contributed by atoms with van der Waals surface area (Å²) in [5.74, 6) is 0. The minimum atomic E-state index is 0.721. The molecule has 0 nitrogen and oxygen atoms in total. The molecule has 0 heterocycles. The monoisotopic (exact) mass is 434 g/mol. The first kappa shape index (κ1) is 22.5. The van der Waals surface area contributed by atoms with Gasteiger partial charge in [0.2, 0.25) is 0 Å². The van der Waals surface area contributed by atoms with Crippen molar-refractivity contribution in [3.63, 3.8) is 0 Å². The van der Waals surface area contributed by atoms with Gasteiger partial charge in [-0.3, -0.25) is 0 Å². The van der Waals surface area contributed by atoms with Gasteiger partial charge in [-0.15, -0.1) is 0 Å². The normalized spacial score (nSPS) is 13.3. The number of hydrogen-bond acceptors (Lipinski definition) is 0. The van der Waals surface area contributed by atoms with Crippen molar-refractivity contribution in [2.45, 2.75) is 60.3 Å². The fraction of sp³-hybridized carbons (Fsp3) is 0.290. The van der Waals surface area contributed by atoms with Crippen LogP contribution in [0.25, 0.3) is 22.3 Å². The molecule has 3 aromatic carbocycles. The van der Waals surface area contributed by atoms with Crippen molar-refractivity contribution in [2.24, 2.45) is 0 Å². The molecule has 162 valence electrons. The highest BCUT2D eigenvalue weighted by Gasteiger charge is 2.18. The Morgan fingerprint density at radius 2 is 1.41 bits per heavy atom. The standard InChI is InChI=1S/C31H34Si/c1-6-7-10-25-11-8-13-29(25)32-30-14-9-12-28(26-17-21(2)15-22(3)18-26)31(30)27-19-23(4)16-24(5)20-27/h8-9,11-12,14-20H,6-7,10,13H2,1-5H3. The van der Waals surface area contributed by atoms with Crippen LogP contribution in [-0.2, 0) is 0 Å². The molecule has 0 bridgehead atoms. The minimum absolute atomic E-state index is 0.721. The van der Waals surface area contributed by atoms with Gasteiger partial charge in [-0.25, -0.2) is 0 Å². The first-order chi connectivity index (χ1) is 15.4. The third kappa shape index (κ3) is 5.05. The number of hydrogen-bond donors (Lipinski definition) is 0. The summed E-state index contributed by atoms with van der Waals surface area (Å²) in [6.07, 6.45) is 9.59. The second kappa shape index (κ2) is 9.88. The van der Waals surface area contributed by atoms with Gasteiger partial charge in [0, 0.05) is 0 Å². The lowest BCUT2D eigenvalue weighted by Gasteiger charge is -2.18. The van der Waals surface area contributed by atoms with Crippen molar-refractivity contribution < 1.29 is 0 Å². The Kier molecular flexibility index (Phi) is 6.96. The summed E-state index contributed by atoms with van der Waals surface area (Å²) < 4.78 is 0. The van der Waals surface area contributed by atoms with E-state index in [0.29, 0.717) is 0 Å². The predicted molar refractivity (Wildman–Crippen MR) is 142 cm³/mol. The highest BCUT2D eigenvalue weighted by molar-refractivity contribution is 6.63. The van der Waals surface area contributed by atoms with Crippen LogP contribution in [0.1, 0.15) is 54.9 Å². The van der Waals surface area contributed by atoms with Crippen LogP contribution in [0.2, 0.25) is 0 Å². The van der Waals surface area contributed by atoms with Crippen LogP contribution in [-0.4, -0.2) is 9.52 Å². The van der Waals surface area contributed by atoms with Gasteiger partial charge in [0.05, 0.1) is 0 Å². The molecule has 0 spiro atoms. The van der Waals surface area contributed by atoms with Crippen LogP contribution in [0.3, 0.4) is 0 Å². The van der Waals surface area contributed by atoms with E-state index >= 15 is 0 Å². The molecule has 2 radical (unpaired) electrons. The quantitative estimate of drug-likeness (QED) is 0.331. The summed E-state index contributed by atoms with van der Waals surface area (Å²) in [7, 11) is 0.721. The number of unbranched alkanes of at least 4 members (excludes halogenated alkanes) is 1. The van der Waals surface area contributed by atoms with Crippen molar-refractivity contribution in [1.29, 1.82) is 0 Å². The first-order valence-electron chi connectivity index (χ1n) is 11.9. The molecule has 32 heavy (non-hydrogen) atoms. The van der Waals surface area contributed by atoms with Crippen LogP contribution in [0.5, 0.6) is 0 Å². The van der Waals surface area contributed by atoms with Crippen molar-refractivity contribution >= 4 is 14.7 Å². The van der Waals surface area contributed by atoms with Crippen LogP contribution >= 0.6 is 0 Å². The van der Waals surface area contributed by atoms with Crippen molar-refractivity contribution in [3.05, 3.63) is 99.8 Å².